The Morgan fingerprint density at radius 3 is 2.00 bits per heavy atom. The Kier molecular flexibility index (Phi) is 7.78. The van der Waals surface area contributed by atoms with Crippen molar-refractivity contribution in [2.75, 3.05) is 27.2 Å². The number of halogens is 1. The van der Waals surface area contributed by atoms with Crippen molar-refractivity contribution in [3.8, 4) is 0 Å². The fourth-order valence-electron chi connectivity index (χ4n) is 2.15. The van der Waals surface area contributed by atoms with Crippen LogP contribution >= 0.6 is 19.7 Å². The van der Waals surface area contributed by atoms with Crippen molar-refractivity contribution in [3.05, 3.63) is 71.8 Å². The first-order chi connectivity index (χ1) is 11.2. The highest BCUT2D eigenvalue weighted by atomic mass is 35.5. The van der Waals surface area contributed by atoms with Crippen LogP contribution in [-0.2, 0) is 4.52 Å². The van der Waals surface area contributed by atoms with Gasteiger partial charge in [-0.15, -0.1) is 0 Å². The van der Waals surface area contributed by atoms with Crippen molar-refractivity contribution in [1.29, 1.82) is 0 Å². The predicted molar refractivity (Wildman–Crippen MR) is 102 cm³/mol. The summed E-state index contributed by atoms with van der Waals surface area (Å²) in [5.41, 5.74) is 0. The first-order valence-corrected chi connectivity index (χ1v) is 9.33. The normalized spacial score (nSPS) is 12.1. The smallest absolute Gasteiger partial charge is 0.0917 e. The van der Waals surface area contributed by atoms with E-state index in [0.29, 0.717) is 6.61 Å². The molecule has 0 amide bonds. The summed E-state index contributed by atoms with van der Waals surface area (Å²) in [7, 11) is 3.24. The van der Waals surface area contributed by atoms with E-state index in [9.17, 15) is 0 Å². The van der Waals surface area contributed by atoms with Crippen LogP contribution in [-0.4, -0.2) is 32.1 Å². The van der Waals surface area contributed by atoms with Crippen molar-refractivity contribution >= 4 is 30.4 Å². The molecule has 0 spiro atoms. The quantitative estimate of drug-likeness (QED) is 0.526. The fourth-order valence-corrected chi connectivity index (χ4v) is 4.27. The van der Waals surface area contributed by atoms with Gasteiger partial charge in [-0.25, -0.2) is 0 Å². The number of hydrogen-bond donors (Lipinski definition) is 0. The Hall–Kier alpha value is -1.18. The maximum Gasteiger partial charge on any atom is 0.0917 e. The molecule has 2 aromatic rings. The van der Waals surface area contributed by atoms with Crippen LogP contribution in [0.3, 0.4) is 0 Å². The summed E-state index contributed by atoms with van der Waals surface area (Å²) in [5.74, 6) is 0. The third-order valence-electron chi connectivity index (χ3n) is 3.15. The Labute approximate surface area is 145 Å². The van der Waals surface area contributed by atoms with Crippen LogP contribution < -0.4 is 10.6 Å². The van der Waals surface area contributed by atoms with Crippen LogP contribution in [0.4, 0.5) is 0 Å². The third-order valence-corrected chi connectivity index (χ3v) is 5.40. The molecular weight excluding hydrogens is 325 g/mol. The molecule has 0 radical (unpaired) electrons. The first kappa shape index (κ1) is 18.2. The van der Waals surface area contributed by atoms with Crippen molar-refractivity contribution in [2.45, 2.75) is 6.42 Å². The van der Waals surface area contributed by atoms with E-state index in [1.165, 1.54) is 10.6 Å². The average molecular weight is 348 g/mol. The molecule has 0 unspecified atom stereocenters. The molecule has 0 aliphatic carbocycles. The van der Waals surface area contributed by atoms with Crippen LogP contribution in [0.15, 0.2) is 71.8 Å². The Morgan fingerprint density at radius 1 is 1.00 bits per heavy atom. The van der Waals surface area contributed by atoms with Gasteiger partial charge in [0.05, 0.1) is 14.8 Å². The van der Waals surface area contributed by atoms with E-state index in [-0.39, 0.29) is 0 Å². The van der Waals surface area contributed by atoms with E-state index < -0.39 is 8.15 Å². The molecule has 2 aromatic carbocycles. The summed E-state index contributed by atoms with van der Waals surface area (Å²) < 4.78 is 6.22. The highest BCUT2D eigenvalue weighted by molar-refractivity contribution is 7.68. The Balaban J connectivity index is 2.00. The third kappa shape index (κ3) is 6.45. The topological polar surface area (TPSA) is 12.5 Å². The van der Waals surface area contributed by atoms with E-state index in [4.69, 9.17) is 16.1 Å². The zero-order valence-corrected chi connectivity index (χ0v) is 15.3. The lowest BCUT2D eigenvalue weighted by Crippen LogP contribution is -2.14. The highest BCUT2D eigenvalue weighted by Gasteiger charge is 2.14. The van der Waals surface area contributed by atoms with Crippen molar-refractivity contribution in [2.24, 2.45) is 0 Å². The van der Waals surface area contributed by atoms with E-state index in [0.717, 1.165) is 18.0 Å². The fraction of sp³-hybridized carbons (Fsp3) is 0.263. The van der Waals surface area contributed by atoms with Gasteiger partial charge in [-0.3, -0.25) is 0 Å². The number of likely N-dealkylation sites (N-methyl/N-ethyl adjacent to an activating group) is 1. The lowest BCUT2D eigenvalue weighted by atomic mass is 10.4. The summed E-state index contributed by atoms with van der Waals surface area (Å²) in [6.07, 6.45) is 2.87. The second-order valence-electron chi connectivity index (χ2n) is 5.48. The van der Waals surface area contributed by atoms with E-state index in [2.05, 4.69) is 53.4 Å². The lowest BCUT2D eigenvalue weighted by Gasteiger charge is -2.18. The van der Waals surface area contributed by atoms with Gasteiger partial charge >= 0.3 is 0 Å². The molecule has 0 N–H and O–H groups in total. The van der Waals surface area contributed by atoms with Gasteiger partial charge in [0.1, 0.15) is 0 Å². The molecule has 2 rings (SSSR count). The molecule has 23 heavy (non-hydrogen) atoms. The monoisotopic (exact) mass is 347 g/mol. The van der Waals surface area contributed by atoms with Crippen LogP contribution in [0.5, 0.6) is 0 Å². The summed E-state index contributed by atoms with van der Waals surface area (Å²) >= 11 is 6.19. The lowest BCUT2D eigenvalue weighted by molar-refractivity contribution is 0.369. The van der Waals surface area contributed by atoms with Gasteiger partial charge in [0.15, 0.2) is 0 Å². The van der Waals surface area contributed by atoms with Crippen LogP contribution in [0, 0.1) is 0 Å². The molecule has 122 valence electrons. The number of rotatable bonds is 8. The number of benzene rings is 2. The average Bonchev–Trinajstić information content (AvgIpc) is 2.56. The SMILES string of the molecule is CN(C)C/C(Cl)=C/CCOP(c1ccccc1)c1ccccc1. The molecule has 0 bridgehead atoms. The maximum absolute atomic E-state index is 6.22. The number of nitrogens with zero attached hydrogens (tertiary/aromatic N) is 1. The van der Waals surface area contributed by atoms with E-state index in [1.54, 1.807) is 0 Å². The van der Waals surface area contributed by atoms with Crippen LogP contribution in [0.1, 0.15) is 6.42 Å². The van der Waals surface area contributed by atoms with Crippen molar-refractivity contribution in [3.63, 3.8) is 0 Å². The molecular formula is C19H23ClNOP. The van der Waals surface area contributed by atoms with Crippen molar-refractivity contribution in [1.82, 2.24) is 4.90 Å². The predicted octanol–water partition coefficient (Wildman–Crippen LogP) is 4.13. The van der Waals surface area contributed by atoms with Gasteiger partial charge in [0, 0.05) is 22.2 Å². The van der Waals surface area contributed by atoms with Gasteiger partial charge in [0.2, 0.25) is 0 Å². The molecule has 0 aliphatic rings. The molecule has 0 atom stereocenters. The number of hydrogen-bond acceptors (Lipinski definition) is 2. The molecule has 0 heterocycles. The maximum atomic E-state index is 6.22. The zero-order valence-electron chi connectivity index (χ0n) is 13.7. The Bertz CT molecular complexity index is 562. The molecule has 0 aromatic heterocycles. The second-order valence-corrected chi connectivity index (χ2v) is 7.84. The van der Waals surface area contributed by atoms with Gasteiger partial charge in [0.25, 0.3) is 0 Å². The van der Waals surface area contributed by atoms with Gasteiger partial charge in [-0.1, -0.05) is 78.3 Å². The van der Waals surface area contributed by atoms with Gasteiger partial charge in [-0.2, -0.15) is 0 Å². The summed E-state index contributed by atoms with van der Waals surface area (Å²) in [5, 5.41) is 3.33. The largest absolute Gasteiger partial charge is 0.349 e. The molecule has 4 heteroatoms. The first-order valence-electron chi connectivity index (χ1n) is 7.69. The summed E-state index contributed by atoms with van der Waals surface area (Å²) in [4.78, 5) is 2.06. The van der Waals surface area contributed by atoms with Gasteiger partial charge < -0.3 is 9.42 Å². The molecule has 2 nitrogen and oxygen atoms in total. The standard InChI is InChI=1S/C19H23ClNOP/c1-21(2)16-17(20)10-9-15-22-23(18-11-5-3-6-12-18)19-13-7-4-8-14-19/h3-8,10-14H,9,15-16H2,1-2H3/b17-10-. The minimum atomic E-state index is -0.781. The Morgan fingerprint density at radius 2 is 1.52 bits per heavy atom. The molecule has 0 saturated heterocycles. The molecule has 0 aliphatic heterocycles. The van der Waals surface area contributed by atoms with E-state index >= 15 is 0 Å². The highest BCUT2D eigenvalue weighted by Crippen LogP contribution is 2.34. The minimum Gasteiger partial charge on any atom is -0.349 e. The molecule has 0 fully saturated rings. The van der Waals surface area contributed by atoms with Crippen LogP contribution in [0.2, 0.25) is 0 Å². The van der Waals surface area contributed by atoms with E-state index in [1.807, 2.05) is 32.3 Å². The van der Waals surface area contributed by atoms with Gasteiger partial charge in [-0.05, 0) is 20.5 Å². The minimum absolute atomic E-state index is 0.666. The molecule has 0 saturated carbocycles. The second kappa shape index (κ2) is 9.85. The summed E-state index contributed by atoms with van der Waals surface area (Å²) in [6, 6.07) is 20.8. The van der Waals surface area contributed by atoms with Crippen LogP contribution in [0.25, 0.3) is 0 Å². The zero-order chi connectivity index (χ0) is 16.5. The summed E-state index contributed by atoms with van der Waals surface area (Å²) in [6.45, 7) is 1.44. The van der Waals surface area contributed by atoms with Crippen molar-refractivity contribution < 1.29 is 4.52 Å².